The molecule has 4 aromatic carbocycles. The van der Waals surface area contributed by atoms with Gasteiger partial charge in [0, 0.05) is 43.8 Å². The van der Waals surface area contributed by atoms with Gasteiger partial charge in [0.05, 0.1) is 0 Å². The van der Waals surface area contributed by atoms with Gasteiger partial charge in [-0.1, -0.05) is 97.1 Å². The largest absolute Gasteiger partial charge is 0.324 e. The molecule has 47 heavy (non-hydrogen) atoms. The Labute approximate surface area is 276 Å². The molecule has 0 saturated heterocycles. The second-order valence-electron chi connectivity index (χ2n) is 11.3. The summed E-state index contributed by atoms with van der Waals surface area (Å²) in [4.78, 5) is 36.8. The van der Waals surface area contributed by atoms with Gasteiger partial charge in [-0.3, -0.25) is 0 Å². The normalized spacial score (nSPS) is 11.4. The van der Waals surface area contributed by atoms with Gasteiger partial charge < -0.3 is 9.97 Å². The molecule has 0 amide bonds. The Hall–Kier alpha value is -5.74. The number of aromatic amines is 2. The quantitative estimate of drug-likeness (QED) is 0.111. The van der Waals surface area contributed by atoms with Gasteiger partial charge in [-0.25, -0.2) is 29.9 Å². The Morgan fingerprint density at radius 3 is 0.979 bits per heavy atom. The van der Waals surface area contributed by atoms with Crippen LogP contribution in [-0.4, -0.2) is 55.3 Å². The maximum Gasteiger partial charge on any atom is 0.164 e. The molecule has 0 saturated carbocycles. The van der Waals surface area contributed by atoms with Crippen molar-refractivity contribution in [2.75, 3.05) is 0 Å². The first-order valence-electron chi connectivity index (χ1n) is 15.6. The second kappa shape index (κ2) is 12.2. The molecule has 8 bridgehead atoms. The Kier molecular flexibility index (Phi) is 7.47. The summed E-state index contributed by atoms with van der Waals surface area (Å²) in [5, 5.41) is 6.43. The molecule has 0 unspecified atom stereocenters. The summed E-state index contributed by atoms with van der Waals surface area (Å²) in [6.07, 6.45) is 4.03. The van der Waals surface area contributed by atoms with Crippen molar-refractivity contribution >= 4 is 59.6 Å². The Morgan fingerprint density at radius 1 is 0.426 bits per heavy atom. The number of aromatic nitrogens is 8. The summed E-state index contributed by atoms with van der Waals surface area (Å²) in [7, 11) is 0. The van der Waals surface area contributed by atoms with Gasteiger partial charge in [-0.05, 0) is 0 Å². The van der Waals surface area contributed by atoms with Crippen LogP contribution in [0.2, 0.25) is 10.5 Å². The predicted octanol–water partition coefficient (Wildman–Crippen LogP) is 8.23. The van der Waals surface area contributed by atoms with Gasteiger partial charge in [0.1, 0.15) is 22.6 Å². The maximum atomic E-state index is 5.02. The van der Waals surface area contributed by atoms with Crippen molar-refractivity contribution < 1.29 is 0 Å². The summed E-state index contributed by atoms with van der Waals surface area (Å²) < 4.78 is 0. The molecule has 0 aliphatic carbocycles. The van der Waals surface area contributed by atoms with Gasteiger partial charge in [0.2, 0.25) is 0 Å². The van der Waals surface area contributed by atoms with Crippen LogP contribution in [-0.2, 0) is 0 Å². The van der Waals surface area contributed by atoms with Crippen molar-refractivity contribution in [1.82, 2.24) is 39.9 Å². The molecule has 0 radical (unpaired) electrons. The minimum atomic E-state index is -0.184. The number of hydrogen-bond acceptors (Lipinski definition) is 6. The summed E-state index contributed by atoms with van der Waals surface area (Å²) in [5.74, 6) is 2.39. The number of H-pyrrole nitrogens is 2. The van der Waals surface area contributed by atoms with E-state index < -0.39 is 0 Å². The first-order valence-corrected chi connectivity index (χ1v) is 19.8. The van der Waals surface area contributed by atoms with Crippen molar-refractivity contribution in [3.8, 4) is 45.6 Å². The summed E-state index contributed by atoms with van der Waals surface area (Å²) in [6, 6.07) is 32.2. The SMILES string of the molecule is C=C[CH2][GeH2][CH2]C=C.c1ccc2c(c1)-c1nc-2nc2[nH]c(nc3nc(nc4[nH]c(n1)c1ccccc41)-c1ccccc1-3)c1ccccc21. The van der Waals surface area contributed by atoms with E-state index in [2.05, 4.69) is 23.1 Å². The molecule has 2 aliphatic heterocycles. The van der Waals surface area contributed by atoms with E-state index in [1.807, 2.05) is 109 Å². The third-order valence-corrected chi connectivity index (χ3v) is 11.7. The summed E-state index contributed by atoms with van der Waals surface area (Å²) in [6.45, 7) is 7.29. The Bertz CT molecular complexity index is 2180. The molecule has 7 aromatic rings. The van der Waals surface area contributed by atoms with Crippen molar-refractivity contribution in [2.45, 2.75) is 10.5 Å². The third-order valence-electron chi connectivity index (χ3n) is 8.28. The molecular weight excluding hydrogens is 641 g/mol. The van der Waals surface area contributed by atoms with Crippen LogP contribution in [0.4, 0.5) is 0 Å². The number of rotatable bonds is 4. The van der Waals surface area contributed by atoms with E-state index in [0.717, 1.165) is 43.8 Å². The number of benzene rings is 4. The second-order valence-corrected chi connectivity index (χ2v) is 15.2. The van der Waals surface area contributed by atoms with Crippen LogP contribution in [0, 0.1) is 0 Å². The van der Waals surface area contributed by atoms with Gasteiger partial charge in [0.15, 0.2) is 23.3 Å². The fourth-order valence-electron chi connectivity index (χ4n) is 6.00. The smallest absolute Gasteiger partial charge is 0.164 e. The molecule has 226 valence electrons. The van der Waals surface area contributed by atoms with Crippen LogP contribution in [0.15, 0.2) is 122 Å². The molecule has 0 fully saturated rings. The van der Waals surface area contributed by atoms with E-state index in [4.69, 9.17) is 29.9 Å². The molecule has 0 spiro atoms. The molecule has 2 N–H and O–H groups in total. The number of nitrogens with zero attached hydrogens (tertiary/aromatic N) is 6. The third kappa shape index (κ3) is 5.22. The maximum absolute atomic E-state index is 5.02. The molecule has 0 atom stereocenters. The summed E-state index contributed by atoms with van der Waals surface area (Å²) >= 11 is -0.184. The van der Waals surface area contributed by atoms with Gasteiger partial charge in [-0.2, -0.15) is 0 Å². The molecular formula is C38H30GeN8. The van der Waals surface area contributed by atoms with E-state index in [1.54, 1.807) is 0 Å². The van der Waals surface area contributed by atoms with E-state index in [1.165, 1.54) is 10.5 Å². The van der Waals surface area contributed by atoms with E-state index in [9.17, 15) is 0 Å². The number of nitrogens with one attached hydrogen (secondary N) is 2. The molecule has 9 heteroatoms. The minimum Gasteiger partial charge on any atom is -0.324 e. The van der Waals surface area contributed by atoms with Crippen molar-refractivity contribution in [1.29, 1.82) is 0 Å². The molecule has 5 heterocycles. The number of hydrogen-bond donors (Lipinski definition) is 2. The fourth-order valence-corrected chi connectivity index (χ4v) is 7.70. The standard InChI is InChI=1S/C32H18N8.C6H12Ge/c1-2-10-18-17(9-1)25-33-26(18)38-28-21-13-5-6-14-22(21)30(35-28)40-32-24-16-8-7-15-23(24)31(36-32)39-29-20-12-4-3-11-19(20)27(34-29)37-25;1-3-5-7-6-4-2/h1-16H,(H2,33,34,35,36,37,38,39,40);3-4H,1-2,5-7H2. The van der Waals surface area contributed by atoms with Gasteiger partial charge >= 0.3 is 51.2 Å². The Balaban J connectivity index is 0.000000420. The van der Waals surface area contributed by atoms with Crippen LogP contribution in [0.1, 0.15) is 0 Å². The van der Waals surface area contributed by atoms with Crippen molar-refractivity contribution in [2.24, 2.45) is 0 Å². The van der Waals surface area contributed by atoms with Crippen molar-refractivity contribution in [3.63, 3.8) is 0 Å². The number of fused-ring (bicyclic) bond motifs is 20. The summed E-state index contributed by atoms with van der Waals surface area (Å²) in [5.41, 5.74) is 6.45. The fraction of sp³-hybridized carbons (Fsp3) is 0.0526. The molecule has 9 rings (SSSR count). The van der Waals surface area contributed by atoms with Crippen LogP contribution >= 0.6 is 0 Å². The van der Waals surface area contributed by atoms with Crippen LogP contribution in [0.5, 0.6) is 0 Å². The van der Waals surface area contributed by atoms with E-state index in [-0.39, 0.29) is 15.4 Å². The average Bonchev–Trinajstić information content (AvgIpc) is 3.85. The first kappa shape index (κ1) is 28.7. The topological polar surface area (TPSA) is 109 Å². The zero-order valence-corrected chi connectivity index (χ0v) is 28.6. The van der Waals surface area contributed by atoms with Crippen LogP contribution < -0.4 is 0 Å². The van der Waals surface area contributed by atoms with Crippen molar-refractivity contribution in [3.05, 3.63) is 122 Å². The minimum absolute atomic E-state index is 0.184. The Morgan fingerprint density at radius 2 is 0.702 bits per heavy atom. The molecule has 2 aliphatic rings. The van der Waals surface area contributed by atoms with Crippen LogP contribution in [0.25, 0.3) is 89.7 Å². The molecule has 8 nitrogen and oxygen atoms in total. The van der Waals surface area contributed by atoms with E-state index >= 15 is 0 Å². The predicted molar refractivity (Wildman–Crippen MR) is 195 cm³/mol. The zero-order valence-electron chi connectivity index (χ0n) is 25.6. The number of allylic oxidation sites excluding steroid dienone is 2. The van der Waals surface area contributed by atoms with Gasteiger partial charge in [-0.15, -0.1) is 0 Å². The monoisotopic (exact) mass is 672 g/mol. The van der Waals surface area contributed by atoms with Crippen LogP contribution in [0.3, 0.4) is 0 Å². The molecule has 3 aromatic heterocycles. The first-order chi connectivity index (χ1) is 23.2. The zero-order chi connectivity index (χ0) is 31.7. The van der Waals surface area contributed by atoms with Gasteiger partial charge in [0.25, 0.3) is 0 Å². The average molecular weight is 671 g/mol. The van der Waals surface area contributed by atoms with E-state index in [0.29, 0.717) is 45.9 Å².